The Morgan fingerprint density at radius 3 is 0.389 bits per heavy atom. The molecular formula is C78H108O6S6. The van der Waals surface area contributed by atoms with Crippen molar-refractivity contribution in [3.8, 4) is 34.5 Å². The normalized spacial score (nSPS) is 13.6. The minimum atomic E-state index is -0.214. The highest BCUT2D eigenvalue weighted by molar-refractivity contribution is 7.81. The van der Waals surface area contributed by atoms with Crippen LogP contribution in [0.4, 0.5) is 0 Å². The zero-order chi connectivity index (χ0) is 66.3. The molecule has 6 aromatic carbocycles. The van der Waals surface area contributed by atoms with E-state index < -0.39 is 0 Å². The van der Waals surface area contributed by atoms with Crippen molar-refractivity contribution >= 4 is 75.8 Å². The SMILES string of the molecule is CC(C)(C)c1cc2c(OCCS)c(c1)Cc1cc(C(C)(C)C)cc(c1OCCS)Cc1cc(C(C)(C)C)cc(c1OCCS)Cc1cc(C(C)(C)C)cc(c1OCCS)Cc1cc(C(C)(C)C)cc(c1OCCS)Cc1cc(C(C)(C)C)cc(c1OCCS)C2. The molecule has 0 aromatic heterocycles. The fourth-order valence-electron chi connectivity index (χ4n) is 11.9. The van der Waals surface area contributed by atoms with Crippen LogP contribution in [0.2, 0.25) is 0 Å². The molecule has 492 valence electrons. The van der Waals surface area contributed by atoms with E-state index in [4.69, 9.17) is 104 Å². The molecule has 6 aromatic rings. The maximum atomic E-state index is 7.11. The molecule has 0 aliphatic heterocycles. The third-order valence-electron chi connectivity index (χ3n) is 17.0. The summed E-state index contributed by atoms with van der Waals surface area (Å²) in [4.78, 5) is 0. The van der Waals surface area contributed by atoms with Gasteiger partial charge in [0.05, 0.1) is 39.6 Å². The molecule has 7 rings (SSSR count). The van der Waals surface area contributed by atoms with Crippen molar-refractivity contribution in [2.45, 2.75) is 196 Å². The monoisotopic (exact) mass is 1330 g/mol. The Balaban J connectivity index is 1.74. The van der Waals surface area contributed by atoms with Gasteiger partial charge in [-0.25, -0.2) is 0 Å². The molecule has 1 aliphatic rings. The lowest BCUT2D eigenvalue weighted by molar-refractivity contribution is 0.329. The van der Waals surface area contributed by atoms with Crippen LogP contribution >= 0.6 is 75.8 Å². The second-order valence-electron chi connectivity index (χ2n) is 30.7. The molecule has 0 unspecified atom stereocenters. The molecule has 12 heteroatoms. The van der Waals surface area contributed by atoms with Crippen molar-refractivity contribution in [2.75, 3.05) is 74.2 Å². The molecule has 0 radical (unpaired) electrons. The Morgan fingerprint density at radius 1 is 0.211 bits per heavy atom. The molecule has 1 aliphatic carbocycles. The van der Waals surface area contributed by atoms with Gasteiger partial charge in [-0.15, -0.1) is 0 Å². The number of benzene rings is 6. The van der Waals surface area contributed by atoms with E-state index in [0.29, 0.717) is 113 Å². The van der Waals surface area contributed by atoms with Crippen LogP contribution in [0, 0.1) is 0 Å². The quantitative estimate of drug-likeness (QED) is 0.0482. The molecule has 0 atom stereocenters. The lowest BCUT2D eigenvalue weighted by Gasteiger charge is -2.29. The summed E-state index contributed by atoms with van der Waals surface area (Å²) in [6.45, 7) is 44.1. The van der Waals surface area contributed by atoms with E-state index in [1.165, 1.54) is 33.4 Å². The van der Waals surface area contributed by atoms with Gasteiger partial charge in [-0.2, -0.15) is 75.8 Å². The van der Waals surface area contributed by atoms with E-state index in [0.717, 1.165) is 101 Å². The third-order valence-corrected chi connectivity index (χ3v) is 18.1. The van der Waals surface area contributed by atoms with Crippen molar-refractivity contribution in [3.63, 3.8) is 0 Å². The van der Waals surface area contributed by atoms with Crippen molar-refractivity contribution < 1.29 is 28.4 Å². The van der Waals surface area contributed by atoms with Crippen LogP contribution in [0.15, 0.2) is 72.8 Å². The van der Waals surface area contributed by atoms with E-state index >= 15 is 0 Å². The summed E-state index contributed by atoms with van der Waals surface area (Å²) in [7, 11) is 0. The molecule has 0 heterocycles. The van der Waals surface area contributed by atoms with Crippen LogP contribution < -0.4 is 28.4 Å². The van der Waals surface area contributed by atoms with E-state index in [-0.39, 0.29) is 32.5 Å². The summed E-state index contributed by atoms with van der Waals surface area (Å²) in [5.74, 6) is 8.47. The highest BCUT2D eigenvalue weighted by Crippen LogP contribution is 2.46. The van der Waals surface area contributed by atoms with Crippen LogP contribution in [0.25, 0.3) is 0 Å². The first-order chi connectivity index (χ1) is 42.1. The van der Waals surface area contributed by atoms with Crippen molar-refractivity contribution in [1.82, 2.24) is 0 Å². The number of ether oxygens (including phenoxy) is 6. The predicted molar refractivity (Wildman–Crippen MR) is 404 cm³/mol. The first kappa shape index (κ1) is 73.6. The fourth-order valence-corrected chi connectivity index (χ4v) is 12.5. The number of thiol groups is 6. The Bertz CT molecular complexity index is 2710. The largest absolute Gasteiger partial charge is 0.492 e. The molecule has 0 amide bonds. The Hall–Kier alpha value is -3.78. The van der Waals surface area contributed by atoms with Crippen LogP contribution in [0.3, 0.4) is 0 Å². The average molecular weight is 1330 g/mol. The number of hydrogen-bond acceptors (Lipinski definition) is 12. The highest BCUT2D eigenvalue weighted by atomic mass is 32.1. The lowest BCUT2D eigenvalue weighted by atomic mass is 9.79. The van der Waals surface area contributed by atoms with Gasteiger partial charge in [0, 0.05) is 73.0 Å². The maximum Gasteiger partial charge on any atom is 0.126 e. The minimum absolute atomic E-state index is 0.214. The van der Waals surface area contributed by atoms with Gasteiger partial charge in [0.2, 0.25) is 0 Å². The van der Waals surface area contributed by atoms with Crippen LogP contribution in [0.1, 0.15) is 225 Å². The van der Waals surface area contributed by atoms with Gasteiger partial charge in [0.25, 0.3) is 0 Å². The maximum absolute atomic E-state index is 7.11. The lowest BCUT2D eigenvalue weighted by Crippen LogP contribution is -2.18. The summed E-state index contributed by atoms with van der Waals surface area (Å²) in [6, 6.07) is 28.6. The summed E-state index contributed by atoms with van der Waals surface area (Å²) in [5.41, 5.74) is 19.1. The molecule has 6 nitrogen and oxygen atoms in total. The van der Waals surface area contributed by atoms with Gasteiger partial charge in [-0.05, 0) is 133 Å². The Labute approximate surface area is 577 Å². The third kappa shape index (κ3) is 18.8. The molecule has 0 spiro atoms. The smallest absolute Gasteiger partial charge is 0.126 e. The summed E-state index contributed by atoms with van der Waals surface area (Å²) in [5, 5.41) is 0. The molecule has 0 fully saturated rings. The first-order valence-electron chi connectivity index (χ1n) is 32.5. The second-order valence-corrected chi connectivity index (χ2v) is 33.4. The van der Waals surface area contributed by atoms with Gasteiger partial charge < -0.3 is 28.4 Å². The average Bonchev–Trinajstić information content (AvgIpc) is 0.793. The first-order valence-corrected chi connectivity index (χ1v) is 36.3. The van der Waals surface area contributed by atoms with Gasteiger partial charge in [0.15, 0.2) is 0 Å². The molecule has 0 saturated carbocycles. The Morgan fingerprint density at radius 2 is 0.311 bits per heavy atom. The fraction of sp³-hybridized carbons (Fsp3) is 0.538. The zero-order valence-corrected chi connectivity index (χ0v) is 63.2. The van der Waals surface area contributed by atoms with Crippen LogP contribution in [0.5, 0.6) is 34.5 Å². The highest BCUT2D eigenvalue weighted by Gasteiger charge is 2.32. The number of fused-ring (bicyclic) bond motifs is 12. The summed E-state index contributed by atoms with van der Waals surface area (Å²) >= 11 is 28.7. The topological polar surface area (TPSA) is 55.4 Å². The van der Waals surface area contributed by atoms with Crippen molar-refractivity contribution in [2.24, 2.45) is 0 Å². The van der Waals surface area contributed by atoms with E-state index in [1.54, 1.807) is 0 Å². The molecule has 90 heavy (non-hydrogen) atoms. The van der Waals surface area contributed by atoms with E-state index in [1.807, 2.05) is 0 Å². The van der Waals surface area contributed by atoms with Gasteiger partial charge >= 0.3 is 0 Å². The predicted octanol–water partition coefficient (Wildman–Crippen LogP) is 19.2. The van der Waals surface area contributed by atoms with Gasteiger partial charge in [0.1, 0.15) is 34.5 Å². The van der Waals surface area contributed by atoms with E-state index in [9.17, 15) is 0 Å². The van der Waals surface area contributed by atoms with Crippen LogP contribution in [-0.2, 0) is 71.0 Å². The zero-order valence-electron chi connectivity index (χ0n) is 57.8. The minimum Gasteiger partial charge on any atom is -0.492 e. The molecule has 0 N–H and O–H groups in total. The van der Waals surface area contributed by atoms with Gasteiger partial charge in [-0.1, -0.05) is 197 Å². The number of rotatable bonds is 18. The molecule has 0 saturated heterocycles. The van der Waals surface area contributed by atoms with Gasteiger partial charge in [-0.3, -0.25) is 0 Å². The Kier molecular flexibility index (Phi) is 25.2. The summed E-state index contributed by atoms with van der Waals surface area (Å²) in [6.07, 6.45) is 3.29. The second kappa shape index (κ2) is 30.7. The van der Waals surface area contributed by atoms with Crippen molar-refractivity contribution in [3.05, 3.63) is 173 Å². The number of hydrogen-bond donors (Lipinski definition) is 6. The molecule has 12 bridgehead atoms. The van der Waals surface area contributed by atoms with E-state index in [2.05, 4.69) is 197 Å². The standard InChI is InChI=1S/C78H108O6S6/c1-73(2,3)61-37-49-31-51-39-62(74(4,5)6)41-53(68(51)80-20-26-86)33-55-43-64(76(10,11)12)45-57(70(55)82-22-28-88)35-59-47-66(78(16,17)18)48-60(72(59)84-24-30-90)36-58-46-65(77(13,14)15)44-56(71(58)83-23-29-89)34-54-42-63(75(7,8)9)40-52(69(54)81-21-27-87)32-50(38-61)67(49)79-19-25-85/h37-48,85-90H,19-36H2,1-18H3. The van der Waals surface area contributed by atoms with Crippen molar-refractivity contribution in [1.29, 1.82) is 0 Å². The van der Waals surface area contributed by atoms with Crippen LogP contribution in [-0.4, -0.2) is 74.2 Å². The molecular weight excluding hydrogens is 1230 g/mol. The summed E-state index contributed by atoms with van der Waals surface area (Å²) < 4.78 is 42.7.